The summed E-state index contributed by atoms with van der Waals surface area (Å²) in [5, 5.41) is 3.26. The molecular weight excluding hydrogens is 254 g/mol. The lowest BCUT2D eigenvalue weighted by Crippen LogP contribution is -2.03. The van der Waals surface area contributed by atoms with Crippen LogP contribution in [0.4, 0.5) is 0 Å². The first-order valence-corrected chi connectivity index (χ1v) is 7.03. The van der Waals surface area contributed by atoms with Crippen LogP contribution in [0.25, 0.3) is 10.1 Å². The van der Waals surface area contributed by atoms with Crippen LogP contribution in [0.2, 0.25) is 0 Å². The molecule has 0 saturated heterocycles. The first-order valence-electron chi connectivity index (χ1n) is 6.15. The lowest BCUT2D eigenvalue weighted by Gasteiger charge is -2.01. The van der Waals surface area contributed by atoms with Crippen molar-refractivity contribution < 1.29 is 4.79 Å². The van der Waals surface area contributed by atoms with E-state index in [1.165, 1.54) is 10.1 Å². The molecule has 0 atom stereocenters. The molecule has 2 nitrogen and oxygen atoms in total. The Morgan fingerprint density at radius 2 is 2.05 bits per heavy atom. The Labute approximate surface area is 115 Å². The number of ketones is 1. The van der Waals surface area contributed by atoms with Crippen LogP contribution in [-0.2, 0) is 6.42 Å². The van der Waals surface area contributed by atoms with Gasteiger partial charge in [-0.25, -0.2) is 0 Å². The maximum Gasteiger partial charge on any atom is 0.168 e. The van der Waals surface area contributed by atoms with Gasteiger partial charge >= 0.3 is 0 Å². The highest BCUT2D eigenvalue weighted by atomic mass is 32.1. The molecule has 2 heterocycles. The van der Waals surface area contributed by atoms with Gasteiger partial charge in [-0.15, -0.1) is 11.3 Å². The Balaban J connectivity index is 1.89. The molecule has 0 N–H and O–H groups in total. The fraction of sp³-hybridized carbons (Fsp3) is 0.125. The monoisotopic (exact) mass is 267 g/mol. The number of Topliss-reactive ketones (excluding diaryl/α,β-unsaturated/α-hetero) is 1. The summed E-state index contributed by atoms with van der Waals surface area (Å²) in [6.07, 6.45) is 2.10. The van der Waals surface area contributed by atoms with E-state index >= 15 is 0 Å². The maximum atomic E-state index is 12.2. The van der Waals surface area contributed by atoms with Crippen molar-refractivity contribution in [3.05, 3.63) is 64.8 Å². The molecule has 0 bridgehead atoms. The Morgan fingerprint density at radius 3 is 2.84 bits per heavy atom. The van der Waals surface area contributed by atoms with Crippen molar-refractivity contribution in [1.82, 2.24) is 4.98 Å². The van der Waals surface area contributed by atoms with Crippen molar-refractivity contribution in [2.45, 2.75) is 13.3 Å². The number of benzene rings is 1. The summed E-state index contributed by atoms with van der Waals surface area (Å²) < 4.78 is 1.23. The highest BCUT2D eigenvalue weighted by Gasteiger charge is 2.11. The van der Waals surface area contributed by atoms with Crippen molar-refractivity contribution in [1.29, 1.82) is 0 Å². The summed E-state index contributed by atoms with van der Waals surface area (Å²) in [5.41, 5.74) is 2.71. The zero-order valence-electron chi connectivity index (χ0n) is 10.6. The summed E-state index contributed by atoms with van der Waals surface area (Å²) in [6.45, 7) is 1.92. The predicted octanol–water partition coefficient (Wildman–Crippen LogP) is 4.03. The second kappa shape index (κ2) is 4.94. The summed E-state index contributed by atoms with van der Waals surface area (Å²) >= 11 is 1.69. The second-order valence-corrected chi connectivity index (χ2v) is 5.46. The molecular formula is C16H13NOS. The molecule has 0 unspecified atom stereocenters. The van der Waals surface area contributed by atoms with E-state index in [0.29, 0.717) is 12.0 Å². The number of aromatic nitrogens is 1. The topological polar surface area (TPSA) is 30.0 Å². The van der Waals surface area contributed by atoms with Gasteiger partial charge in [0.05, 0.1) is 0 Å². The quantitative estimate of drug-likeness (QED) is 0.671. The highest BCUT2D eigenvalue weighted by Crippen LogP contribution is 2.26. The number of aryl methyl sites for hydroxylation is 1. The van der Waals surface area contributed by atoms with E-state index in [0.717, 1.165) is 11.3 Å². The van der Waals surface area contributed by atoms with Gasteiger partial charge in [-0.05, 0) is 41.5 Å². The first kappa shape index (κ1) is 12.1. The van der Waals surface area contributed by atoms with Crippen LogP contribution >= 0.6 is 11.3 Å². The van der Waals surface area contributed by atoms with Gasteiger partial charge in [0.1, 0.15) is 0 Å². The number of thiophene rings is 1. The van der Waals surface area contributed by atoms with Gasteiger partial charge in [0.2, 0.25) is 0 Å². The third-order valence-electron chi connectivity index (χ3n) is 3.15. The molecule has 0 amide bonds. The van der Waals surface area contributed by atoms with Crippen molar-refractivity contribution in [3.63, 3.8) is 0 Å². The van der Waals surface area contributed by atoms with Crippen molar-refractivity contribution in [2.24, 2.45) is 0 Å². The van der Waals surface area contributed by atoms with Gasteiger partial charge in [0, 0.05) is 28.6 Å². The molecule has 1 aromatic carbocycles. The number of carbonyl (C=O) groups excluding carboxylic acids is 1. The van der Waals surface area contributed by atoms with E-state index in [9.17, 15) is 4.79 Å². The number of nitrogens with zero attached hydrogens (tertiary/aromatic N) is 1. The molecule has 94 valence electrons. The molecule has 3 heteroatoms. The molecule has 0 saturated carbocycles. The second-order valence-electron chi connectivity index (χ2n) is 4.55. The van der Waals surface area contributed by atoms with Gasteiger partial charge < -0.3 is 0 Å². The minimum atomic E-state index is 0.121. The maximum absolute atomic E-state index is 12.2. The normalized spacial score (nSPS) is 10.8. The Morgan fingerprint density at radius 1 is 1.21 bits per heavy atom. The largest absolute Gasteiger partial charge is 0.294 e. The molecule has 0 fully saturated rings. The Bertz CT molecular complexity index is 728. The lowest BCUT2D eigenvalue weighted by atomic mass is 10.0. The lowest BCUT2D eigenvalue weighted by molar-refractivity contribution is 0.0993. The van der Waals surface area contributed by atoms with Crippen LogP contribution in [0.3, 0.4) is 0 Å². The summed E-state index contributed by atoms with van der Waals surface area (Å²) in [7, 11) is 0. The van der Waals surface area contributed by atoms with E-state index < -0.39 is 0 Å². The van der Waals surface area contributed by atoms with Gasteiger partial charge in [0.15, 0.2) is 5.78 Å². The van der Waals surface area contributed by atoms with Crippen LogP contribution in [0.5, 0.6) is 0 Å². The predicted molar refractivity (Wildman–Crippen MR) is 78.8 cm³/mol. The van der Waals surface area contributed by atoms with E-state index in [-0.39, 0.29) is 5.78 Å². The molecule has 0 aliphatic heterocycles. The number of rotatable bonds is 3. The average molecular weight is 267 g/mol. The molecule has 3 aromatic rings. The third kappa shape index (κ3) is 2.42. The Hall–Kier alpha value is -2.00. The third-order valence-corrected chi connectivity index (χ3v) is 4.16. The van der Waals surface area contributed by atoms with Crippen LogP contribution in [0.1, 0.15) is 21.6 Å². The van der Waals surface area contributed by atoms with Crippen molar-refractivity contribution in [2.75, 3.05) is 0 Å². The molecule has 0 aliphatic carbocycles. The number of hydrogen-bond acceptors (Lipinski definition) is 3. The number of carbonyl (C=O) groups is 1. The van der Waals surface area contributed by atoms with Gasteiger partial charge in [0.25, 0.3) is 0 Å². The standard InChI is InChI=1S/C16H13NOS/c1-11-6-7-12(9-17-11)15(18)8-13-10-19-16-5-3-2-4-14(13)16/h2-7,9-10H,8H2,1H3. The van der Waals surface area contributed by atoms with E-state index in [4.69, 9.17) is 0 Å². The zero-order chi connectivity index (χ0) is 13.2. The smallest absolute Gasteiger partial charge is 0.168 e. The number of hydrogen-bond donors (Lipinski definition) is 0. The van der Waals surface area contributed by atoms with E-state index in [2.05, 4.69) is 22.5 Å². The van der Waals surface area contributed by atoms with Gasteiger partial charge in [-0.1, -0.05) is 18.2 Å². The summed E-state index contributed by atoms with van der Waals surface area (Å²) in [6, 6.07) is 11.9. The van der Waals surface area contributed by atoms with Gasteiger partial charge in [-0.3, -0.25) is 9.78 Å². The Kier molecular flexibility index (Phi) is 3.13. The van der Waals surface area contributed by atoms with Crippen molar-refractivity contribution in [3.8, 4) is 0 Å². The first-order chi connectivity index (χ1) is 9.24. The van der Waals surface area contributed by atoms with E-state index in [1.807, 2.05) is 31.2 Å². The fourth-order valence-corrected chi connectivity index (χ4v) is 3.04. The van der Waals surface area contributed by atoms with Crippen LogP contribution in [0.15, 0.2) is 48.0 Å². The molecule has 0 aliphatic rings. The molecule has 19 heavy (non-hydrogen) atoms. The molecule has 0 spiro atoms. The number of pyridine rings is 1. The molecule has 3 rings (SSSR count). The minimum Gasteiger partial charge on any atom is -0.294 e. The SMILES string of the molecule is Cc1ccc(C(=O)Cc2csc3ccccc23)cn1. The minimum absolute atomic E-state index is 0.121. The van der Waals surface area contributed by atoms with Crippen molar-refractivity contribution >= 4 is 27.2 Å². The van der Waals surface area contributed by atoms with Crippen LogP contribution in [0, 0.1) is 6.92 Å². The average Bonchev–Trinajstić information content (AvgIpc) is 2.83. The molecule has 2 aromatic heterocycles. The van der Waals surface area contributed by atoms with Crippen LogP contribution in [-0.4, -0.2) is 10.8 Å². The summed E-state index contributed by atoms with van der Waals surface area (Å²) in [4.78, 5) is 16.4. The number of fused-ring (bicyclic) bond motifs is 1. The summed E-state index contributed by atoms with van der Waals surface area (Å²) in [5.74, 6) is 0.121. The van der Waals surface area contributed by atoms with E-state index in [1.54, 1.807) is 17.5 Å². The fourth-order valence-electron chi connectivity index (χ4n) is 2.08. The zero-order valence-corrected chi connectivity index (χ0v) is 11.4. The molecule has 0 radical (unpaired) electrons. The van der Waals surface area contributed by atoms with Crippen LogP contribution < -0.4 is 0 Å². The van der Waals surface area contributed by atoms with Gasteiger partial charge in [-0.2, -0.15) is 0 Å². The highest BCUT2D eigenvalue weighted by molar-refractivity contribution is 7.17.